The minimum atomic E-state index is -0.653. The number of hydrogen-bond donors (Lipinski definition) is 0. The van der Waals surface area contributed by atoms with Crippen molar-refractivity contribution in [1.29, 1.82) is 0 Å². The van der Waals surface area contributed by atoms with Crippen LogP contribution in [0.2, 0.25) is 0 Å². The van der Waals surface area contributed by atoms with E-state index in [4.69, 9.17) is 9.47 Å². The molecule has 0 unspecified atom stereocenters. The van der Waals surface area contributed by atoms with Crippen LogP contribution >= 0.6 is 0 Å². The molecule has 30 heavy (non-hydrogen) atoms. The minimum absolute atomic E-state index is 0.0595. The molecule has 1 atom stereocenters. The smallest absolute Gasteiger partial charge is 0.309 e. The van der Waals surface area contributed by atoms with E-state index >= 15 is 0 Å². The highest BCUT2D eigenvalue weighted by Crippen LogP contribution is 2.21. The zero-order chi connectivity index (χ0) is 21.5. The number of esters is 1. The molecule has 2 aromatic rings. The summed E-state index contributed by atoms with van der Waals surface area (Å²) in [6.45, 7) is 4.90. The first-order chi connectivity index (χ1) is 14.5. The molecule has 2 aromatic carbocycles. The topological polar surface area (TPSA) is 72.9 Å². The predicted octanol–water partition coefficient (Wildman–Crippen LogP) is 3.49. The van der Waals surface area contributed by atoms with Crippen LogP contribution in [0, 0.1) is 5.92 Å². The quantitative estimate of drug-likeness (QED) is 0.517. The first-order valence-corrected chi connectivity index (χ1v) is 10.3. The highest BCUT2D eigenvalue weighted by Gasteiger charge is 2.30. The molecule has 3 rings (SSSR count). The van der Waals surface area contributed by atoms with Crippen molar-refractivity contribution in [1.82, 2.24) is 4.90 Å². The Morgan fingerprint density at radius 1 is 0.967 bits per heavy atom. The molecule has 0 bridgehead atoms. The van der Waals surface area contributed by atoms with Gasteiger partial charge in [0.1, 0.15) is 5.75 Å². The summed E-state index contributed by atoms with van der Waals surface area (Å²) in [5, 5.41) is 0. The average Bonchev–Trinajstić information content (AvgIpc) is 2.79. The molecule has 158 valence electrons. The summed E-state index contributed by atoms with van der Waals surface area (Å²) >= 11 is 0. The number of piperidine rings is 1. The van der Waals surface area contributed by atoms with Crippen molar-refractivity contribution < 1.29 is 23.9 Å². The third kappa shape index (κ3) is 5.26. The van der Waals surface area contributed by atoms with Crippen molar-refractivity contribution >= 4 is 17.7 Å². The summed E-state index contributed by atoms with van der Waals surface area (Å²) in [4.78, 5) is 38.7. The molecule has 1 aliphatic heterocycles. The number of nitrogens with zero attached hydrogens (tertiary/aromatic N) is 1. The van der Waals surface area contributed by atoms with Gasteiger partial charge < -0.3 is 14.4 Å². The van der Waals surface area contributed by atoms with Gasteiger partial charge in [-0.05, 0) is 51.0 Å². The molecule has 1 fully saturated rings. The Labute approximate surface area is 176 Å². The molecule has 0 radical (unpaired) electrons. The normalized spacial score (nSPS) is 15.3. The van der Waals surface area contributed by atoms with E-state index in [2.05, 4.69) is 0 Å². The number of ether oxygens (including phenoxy) is 2. The molecule has 6 nitrogen and oxygen atoms in total. The molecule has 1 aliphatic rings. The van der Waals surface area contributed by atoms with Crippen molar-refractivity contribution in [3.05, 3.63) is 65.7 Å². The maximum absolute atomic E-state index is 12.7. The number of rotatable bonds is 7. The van der Waals surface area contributed by atoms with Gasteiger partial charge >= 0.3 is 5.97 Å². The van der Waals surface area contributed by atoms with E-state index in [0.29, 0.717) is 49.4 Å². The lowest BCUT2D eigenvalue weighted by atomic mass is 9.97. The van der Waals surface area contributed by atoms with Crippen molar-refractivity contribution in [2.24, 2.45) is 5.92 Å². The number of hydrogen-bond acceptors (Lipinski definition) is 5. The fourth-order valence-electron chi connectivity index (χ4n) is 3.55. The van der Waals surface area contributed by atoms with Crippen LogP contribution in [0.25, 0.3) is 0 Å². The monoisotopic (exact) mass is 409 g/mol. The molecule has 1 amide bonds. The Hall–Kier alpha value is -3.15. The second-order valence-electron chi connectivity index (χ2n) is 7.33. The van der Waals surface area contributed by atoms with E-state index < -0.39 is 6.10 Å². The van der Waals surface area contributed by atoms with Crippen LogP contribution in [0.15, 0.2) is 54.6 Å². The summed E-state index contributed by atoms with van der Waals surface area (Å²) in [6.07, 6.45) is 0.557. The molecule has 6 heteroatoms. The van der Waals surface area contributed by atoms with Gasteiger partial charge in [0, 0.05) is 24.2 Å². The Morgan fingerprint density at radius 2 is 1.57 bits per heavy atom. The highest BCUT2D eigenvalue weighted by atomic mass is 16.5. The molecule has 0 N–H and O–H groups in total. The molecule has 0 spiro atoms. The van der Waals surface area contributed by atoms with E-state index in [1.807, 2.05) is 18.2 Å². The number of amides is 1. The van der Waals surface area contributed by atoms with Gasteiger partial charge in [-0.15, -0.1) is 0 Å². The minimum Gasteiger partial charge on any atom is -0.481 e. The first-order valence-electron chi connectivity index (χ1n) is 10.3. The van der Waals surface area contributed by atoms with Crippen LogP contribution in [-0.4, -0.2) is 48.4 Å². The summed E-state index contributed by atoms with van der Waals surface area (Å²) in [5.74, 6) is 0.0401. The summed E-state index contributed by atoms with van der Waals surface area (Å²) in [5.41, 5.74) is 1.19. The van der Waals surface area contributed by atoms with Gasteiger partial charge in [0.25, 0.3) is 5.91 Å². The SMILES string of the molecule is CCOC(=O)C1CCN(C(=O)[C@@H](C)Oc2ccc(C(=O)c3ccccc3)cc2)CC1. The van der Waals surface area contributed by atoms with E-state index in [1.165, 1.54) is 0 Å². The van der Waals surface area contributed by atoms with Gasteiger partial charge in [-0.25, -0.2) is 0 Å². The Morgan fingerprint density at radius 3 is 2.17 bits per heavy atom. The third-order valence-electron chi connectivity index (χ3n) is 5.24. The second kappa shape index (κ2) is 10.1. The largest absolute Gasteiger partial charge is 0.481 e. The number of carbonyl (C=O) groups excluding carboxylic acids is 3. The molecule has 0 aliphatic carbocycles. The van der Waals surface area contributed by atoms with Gasteiger partial charge in [-0.2, -0.15) is 0 Å². The van der Waals surface area contributed by atoms with E-state index in [-0.39, 0.29) is 23.6 Å². The van der Waals surface area contributed by atoms with Crippen molar-refractivity contribution in [2.75, 3.05) is 19.7 Å². The van der Waals surface area contributed by atoms with Crippen molar-refractivity contribution in [3.63, 3.8) is 0 Å². The van der Waals surface area contributed by atoms with Crippen LogP contribution < -0.4 is 4.74 Å². The van der Waals surface area contributed by atoms with E-state index in [1.54, 1.807) is 55.1 Å². The molecule has 0 saturated carbocycles. The maximum Gasteiger partial charge on any atom is 0.309 e. The standard InChI is InChI=1S/C24H27NO5/c1-3-29-24(28)20-13-15-25(16-14-20)23(27)17(2)30-21-11-9-19(10-12-21)22(26)18-7-5-4-6-8-18/h4-12,17,20H,3,13-16H2,1-2H3/t17-/m1/s1. The van der Waals surface area contributed by atoms with Crippen molar-refractivity contribution in [2.45, 2.75) is 32.8 Å². The first kappa shape index (κ1) is 21.6. The Bertz CT molecular complexity index is 870. The van der Waals surface area contributed by atoms with Crippen molar-refractivity contribution in [3.8, 4) is 5.75 Å². The second-order valence-corrected chi connectivity index (χ2v) is 7.33. The number of likely N-dealkylation sites (tertiary alicyclic amines) is 1. The summed E-state index contributed by atoms with van der Waals surface area (Å²) < 4.78 is 10.9. The number of ketones is 1. The zero-order valence-corrected chi connectivity index (χ0v) is 17.4. The Balaban J connectivity index is 1.53. The van der Waals surface area contributed by atoms with Crippen LogP contribution in [-0.2, 0) is 14.3 Å². The van der Waals surface area contributed by atoms with Crippen LogP contribution in [0.1, 0.15) is 42.6 Å². The fourth-order valence-corrected chi connectivity index (χ4v) is 3.55. The molecular formula is C24H27NO5. The van der Waals surface area contributed by atoms with Gasteiger partial charge in [0.15, 0.2) is 11.9 Å². The number of benzene rings is 2. The molecule has 1 saturated heterocycles. The third-order valence-corrected chi connectivity index (χ3v) is 5.24. The fraction of sp³-hybridized carbons (Fsp3) is 0.375. The lowest BCUT2D eigenvalue weighted by molar-refractivity contribution is -0.152. The lowest BCUT2D eigenvalue weighted by Gasteiger charge is -2.32. The maximum atomic E-state index is 12.7. The molecule has 1 heterocycles. The van der Waals surface area contributed by atoms with Gasteiger partial charge in [0.2, 0.25) is 0 Å². The van der Waals surface area contributed by atoms with Gasteiger partial charge in [-0.3, -0.25) is 14.4 Å². The predicted molar refractivity (Wildman–Crippen MR) is 112 cm³/mol. The zero-order valence-electron chi connectivity index (χ0n) is 17.4. The van der Waals surface area contributed by atoms with Crippen LogP contribution in [0.5, 0.6) is 5.75 Å². The summed E-state index contributed by atoms with van der Waals surface area (Å²) in [7, 11) is 0. The van der Waals surface area contributed by atoms with E-state index in [0.717, 1.165) is 0 Å². The number of carbonyl (C=O) groups is 3. The van der Waals surface area contributed by atoms with Gasteiger partial charge in [0.05, 0.1) is 12.5 Å². The van der Waals surface area contributed by atoms with Crippen LogP contribution in [0.4, 0.5) is 0 Å². The molecule has 0 aromatic heterocycles. The van der Waals surface area contributed by atoms with Crippen LogP contribution in [0.3, 0.4) is 0 Å². The van der Waals surface area contributed by atoms with Gasteiger partial charge in [-0.1, -0.05) is 30.3 Å². The van der Waals surface area contributed by atoms with E-state index in [9.17, 15) is 14.4 Å². The average molecular weight is 409 g/mol. The molecular weight excluding hydrogens is 382 g/mol. The highest BCUT2D eigenvalue weighted by molar-refractivity contribution is 6.09. The lowest BCUT2D eigenvalue weighted by Crippen LogP contribution is -2.45. The summed E-state index contributed by atoms with van der Waals surface area (Å²) in [6, 6.07) is 15.9. The Kier molecular flexibility index (Phi) is 7.22.